The fourth-order valence-electron chi connectivity index (χ4n) is 1.44. The summed E-state index contributed by atoms with van der Waals surface area (Å²) in [6.45, 7) is 8.71. The average Bonchev–Trinajstić information content (AvgIpc) is 2.33. The SMILES string of the molecule is C=CCCCN(C)C(=NCCCSC)NCC.I. The molecule has 0 aliphatic rings. The normalized spacial score (nSPS) is 10.7. The van der Waals surface area contributed by atoms with Gasteiger partial charge in [-0.25, -0.2) is 0 Å². The summed E-state index contributed by atoms with van der Waals surface area (Å²) in [5.74, 6) is 2.21. The van der Waals surface area contributed by atoms with Crippen LogP contribution in [-0.4, -0.2) is 49.6 Å². The van der Waals surface area contributed by atoms with Crippen molar-refractivity contribution in [1.82, 2.24) is 10.2 Å². The van der Waals surface area contributed by atoms with Gasteiger partial charge in [-0.1, -0.05) is 6.08 Å². The first kappa shape index (κ1) is 20.4. The molecule has 0 spiro atoms. The van der Waals surface area contributed by atoms with Gasteiger partial charge in [0, 0.05) is 26.7 Å². The average molecular weight is 385 g/mol. The second kappa shape index (κ2) is 15.1. The first-order valence-electron chi connectivity index (χ1n) is 6.35. The maximum absolute atomic E-state index is 4.62. The van der Waals surface area contributed by atoms with Crippen LogP contribution in [0.1, 0.15) is 26.2 Å². The van der Waals surface area contributed by atoms with Crippen molar-refractivity contribution in [3.8, 4) is 0 Å². The van der Waals surface area contributed by atoms with Gasteiger partial charge in [-0.3, -0.25) is 4.99 Å². The fraction of sp³-hybridized carbons (Fsp3) is 0.769. The van der Waals surface area contributed by atoms with Gasteiger partial charge < -0.3 is 10.2 Å². The number of unbranched alkanes of at least 4 members (excludes halogenated alkanes) is 1. The molecule has 1 N–H and O–H groups in total. The number of guanidine groups is 1. The van der Waals surface area contributed by atoms with E-state index in [0.717, 1.165) is 44.9 Å². The Kier molecular flexibility index (Phi) is 17.2. The molecule has 0 amide bonds. The Bertz CT molecular complexity index is 222. The van der Waals surface area contributed by atoms with Crippen LogP contribution >= 0.6 is 35.7 Å². The number of hydrogen-bond donors (Lipinski definition) is 1. The number of halogens is 1. The molecule has 0 unspecified atom stereocenters. The second-order valence-corrected chi connectivity index (χ2v) is 4.92. The van der Waals surface area contributed by atoms with E-state index in [-0.39, 0.29) is 24.0 Å². The lowest BCUT2D eigenvalue weighted by Crippen LogP contribution is -2.39. The summed E-state index contributed by atoms with van der Waals surface area (Å²) in [5, 5.41) is 3.33. The molecule has 0 fully saturated rings. The van der Waals surface area contributed by atoms with Gasteiger partial charge in [-0.05, 0) is 38.2 Å². The fourth-order valence-corrected chi connectivity index (χ4v) is 1.86. The smallest absolute Gasteiger partial charge is 0.193 e. The van der Waals surface area contributed by atoms with Crippen molar-refractivity contribution in [2.45, 2.75) is 26.2 Å². The van der Waals surface area contributed by atoms with E-state index >= 15 is 0 Å². The molecule has 0 rings (SSSR count). The number of hydrogen-bond acceptors (Lipinski definition) is 2. The molecule has 0 radical (unpaired) electrons. The molecule has 0 saturated carbocycles. The molecule has 0 aromatic heterocycles. The molecule has 0 aliphatic carbocycles. The summed E-state index contributed by atoms with van der Waals surface area (Å²) in [6.07, 6.45) is 7.45. The van der Waals surface area contributed by atoms with Gasteiger partial charge in [-0.2, -0.15) is 11.8 Å². The molecule has 0 aliphatic heterocycles. The first-order valence-corrected chi connectivity index (χ1v) is 7.74. The topological polar surface area (TPSA) is 27.6 Å². The third kappa shape index (κ3) is 11.2. The monoisotopic (exact) mass is 385 g/mol. The minimum absolute atomic E-state index is 0. The minimum Gasteiger partial charge on any atom is -0.357 e. The third-order valence-electron chi connectivity index (χ3n) is 2.37. The van der Waals surface area contributed by atoms with Crippen LogP contribution in [0.25, 0.3) is 0 Å². The number of thioether (sulfide) groups is 1. The van der Waals surface area contributed by atoms with Gasteiger partial charge in [0.25, 0.3) is 0 Å². The van der Waals surface area contributed by atoms with E-state index in [0.29, 0.717) is 0 Å². The standard InChI is InChI=1S/C13H27N3S.HI/c1-5-7-8-11-16(3)13(14-6-2)15-10-9-12-17-4;/h5H,1,6-12H2,2-4H3,(H,14,15);1H. The van der Waals surface area contributed by atoms with Crippen LogP contribution in [0.3, 0.4) is 0 Å². The highest BCUT2D eigenvalue weighted by Crippen LogP contribution is 1.98. The zero-order valence-corrected chi connectivity index (χ0v) is 15.1. The molecule has 5 heteroatoms. The molecule has 0 aromatic rings. The van der Waals surface area contributed by atoms with Crippen LogP contribution in [0.5, 0.6) is 0 Å². The lowest BCUT2D eigenvalue weighted by molar-refractivity contribution is 0.470. The Morgan fingerprint density at radius 3 is 2.72 bits per heavy atom. The Morgan fingerprint density at radius 1 is 1.44 bits per heavy atom. The van der Waals surface area contributed by atoms with Crippen molar-refractivity contribution in [3.63, 3.8) is 0 Å². The van der Waals surface area contributed by atoms with Crippen molar-refractivity contribution in [1.29, 1.82) is 0 Å². The summed E-state index contributed by atoms with van der Waals surface area (Å²) < 4.78 is 0. The summed E-state index contributed by atoms with van der Waals surface area (Å²) >= 11 is 1.88. The zero-order valence-electron chi connectivity index (χ0n) is 11.9. The second-order valence-electron chi connectivity index (χ2n) is 3.93. The van der Waals surface area contributed by atoms with E-state index < -0.39 is 0 Å². The Labute approximate surface area is 134 Å². The summed E-state index contributed by atoms with van der Waals surface area (Å²) in [7, 11) is 2.10. The first-order chi connectivity index (χ1) is 8.26. The van der Waals surface area contributed by atoms with Crippen molar-refractivity contribution in [2.24, 2.45) is 4.99 Å². The lowest BCUT2D eigenvalue weighted by atomic mass is 10.3. The van der Waals surface area contributed by atoms with Crippen LogP contribution in [-0.2, 0) is 0 Å². The minimum atomic E-state index is 0. The molecule has 0 saturated heterocycles. The van der Waals surface area contributed by atoms with Gasteiger partial charge in [0.2, 0.25) is 0 Å². The van der Waals surface area contributed by atoms with E-state index in [2.05, 4.69) is 42.0 Å². The number of aliphatic imine (C=N–C) groups is 1. The molecule has 0 heterocycles. The summed E-state index contributed by atoms with van der Waals surface area (Å²) in [4.78, 5) is 6.82. The molecule has 0 bridgehead atoms. The van der Waals surface area contributed by atoms with E-state index in [1.54, 1.807) is 0 Å². The number of rotatable bonds is 9. The van der Waals surface area contributed by atoms with E-state index in [1.165, 1.54) is 5.75 Å². The summed E-state index contributed by atoms with van der Waals surface area (Å²) in [6, 6.07) is 0. The van der Waals surface area contributed by atoms with Crippen molar-refractivity contribution >= 4 is 41.7 Å². The predicted molar refractivity (Wildman–Crippen MR) is 96.5 cm³/mol. The van der Waals surface area contributed by atoms with Crippen LogP contribution in [0.15, 0.2) is 17.6 Å². The molecular weight excluding hydrogens is 357 g/mol. The van der Waals surface area contributed by atoms with E-state index in [1.807, 2.05) is 17.8 Å². The third-order valence-corrected chi connectivity index (χ3v) is 3.06. The molecule has 18 heavy (non-hydrogen) atoms. The number of nitrogens with one attached hydrogen (secondary N) is 1. The van der Waals surface area contributed by atoms with Gasteiger partial charge in [0.1, 0.15) is 0 Å². The van der Waals surface area contributed by atoms with Crippen molar-refractivity contribution < 1.29 is 0 Å². The number of allylic oxidation sites excluding steroid dienone is 1. The van der Waals surface area contributed by atoms with Gasteiger partial charge in [-0.15, -0.1) is 30.6 Å². The van der Waals surface area contributed by atoms with Gasteiger partial charge >= 0.3 is 0 Å². The molecule has 0 atom stereocenters. The molecule has 3 nitrogen and oxygen atoms in total. The van der Waals surface area contributed by atoms with Crippen LogP contribution < -0.4 is 5.32 Å². The molecule has 0 aromatic carbocycles. The predicted octanol–water partition coefficient (Wildman–Crippen LogP) is 3.22. The highest BCUT2D eigenvalue weighted by Gasteiger charge is 2.03. The maximum Gasteiger partial charge on any atom is 0.193 e. The quantitative estimate of drug-likeness (QED) is 0.217. The summed E-state index contributed by atoms with van der Waals surface area (Å²) in [5.41, 5.74) is 0. The largest absolute Gasteiger partial charge is 0.357 e. The van der Waals surface area contributed by atoms with E-state index in [9.17, 15) is 0 Å². The van der Waals surface area contributed by atoms with Gasteiger partial charge in [0.05, 0.1) is 0 Å². The highest BCUT2D eigenvalue weighted by atomic mass is 127. The Hall–Kier alpha value is 0.0900. The maximum atomic E-state index is 4.62. The van der Waals surface area contributed by atoms with Crippen LogP contribution in [0.4, 0.5) is 0 Å². The Balaban J connectivity index is 0. The zero-order chi connectivity index (χ0) is 12.9. The van der Waals surface area contributed by atoms with E-state index in [4.69, 9.17) is 0 Å². The van der Waals surface area contributed by atoms with Crippen molar-refractivity contribution in [3.05, 3.63) is 12.7 Å². The Morgan fingerprint density at radius 2 is 2.17 bits per heavy atom. The van der Waals surface area contributed by atoms with Crippen molar-refractivity contribution in [2.75, 3.05) is 38.7 Å². The van der Waals surface area contributed by atoms with Gasteiger partial charge in [0.15, 0.2) is 5.96 Å². The molecular formula is C13H28IN3S. The number of nitrogens with zero attached hydrogens (tertiary/aromatic N) is 2. The van der Waals surface area contributed by atoms with Crippen LogP contribution in [0.2, 0.25) is 0 Å². The van der Waals surface area contributed by atoms with Crippen LogP contribution in [0, 0.1) is 0 Å². The molecule has 108 valence electrons. The highest BCUT2D eigenvalue weighted by molar-refractivity contribution is 14.0. The lowest BCUT2D eigenvalue weighted by Gasteiger charge is -2.21.